The Kier molecular flexibility index (Phi) is 6.11. The number of hydrogen-bond acceptors (Lipinski definition) is 4. The molecule has 0 aliphatic heterocycles. The zero-order chi connectivity index (χ0) is 16.7. The Balaban J connectivity index is 1.87. The van der Waals surface area contributed by atoms with Crippen molar-refractivity contribution in [1.29, 1.82) is 0 Å². The Hall–Kier alpha value is -2.40. The molecule has 0 saturated heterocycles. The molecule has 0 heterocycles. The number of rotatable bonds is 6. The minimum Gasteiger partial charge on any atom is -0.497 e. The molecule has 0 N–H and O–H groups in total. The molecule has 0 atom stereocenters. The van der Waals surface area contributed by atoms with Crippen molar-refractivity contribution >= 4 is 33.8 Å². The molecule has 0 aliphatic rings. The molecule has 0 aliphatic carbocycles. The molecule has 2 aromatic rings. The first-order chi connectivity index (χ1) is 11.1. The Morgan fingerprint density at radius 2 is 1.87 bits per heavy atom. The molecule has 0 bridgehead atoms. The van der Waals surface area contributed by atoms with Crippen LogP contribution in [-0.4, -0.2) is 25.5 Å². The first kappa shape index (κ1) is 17.0. The summed E-state index contributed by atoms with van der Waals surface area (Å²) in [5, 5.41) is 0. The van der Waals surface area contributed by atoms with Crippen molar-refractivity contribution in [3.63, 3.8) is 0 Å². The van der Waals surface area contributed by atoms with E-state index in [1.807, 2.05) is 24.3 Å². The van der Waals surface area contributed by atoms with Crippen molar-refractivity contribution in [2.24, 2.45) is 0 Å². The average Bonchev–Trinajstić information content (AvgIpc) is 2.58. The number of esters is 1. The van der Waals surface area contributed by atoms with Gasteiger partial charge in [-0.15, -0.1) is 0 Å². The first-order valence-corrected chi connectivity index (χ1v) is 7.65. The van der Waals surface area contributed by atoms with Crippen molar-refractivity contribution in [2.45, 2.75) is 0 Å². The van der Waals surface area contributed by atoms with Gasteiger partial charge in [0, 0.05) is 16.1 Å². The second-order valence-corrected chi connectivity index (χ2v) is 5.56. The average molecular weight is 375 g/mol. The maximum absolute atomic E-state index is 11.9. The molecular formula is C18H15BrO4. The third kappa shape index (κ3) is 5.38. The maximum Gasteiger partial charge on any atom is 0.331 e. The van der Waals surface area contributed by atoms with E-state index >= 15 is 0 Å². The van der Waals surface area contributed by atoms with E-state index in [0.717, 1.165) is 10.0 Å². The van der Waals surface area contributed by atoms with Crippen molar-refractivity contribution in [3.05, 3.63) is 70.2 Å². The van der Waals surface area contributed by atoms with Gasteiger partial charge in [0.1, 0.15) is 5.75 Å². The fourth-order valence-electron chi connectivity index (χ4n) is 1.82. The van der Waals surface area contributed by atoms with Gasteiger partial charge in [0.15, 0.2) is 12.4 Å². The highest BCUT2D eigenvalue weighted by atomic mass is 79.9. The SMILES string of the molecule is COc1ccc(C(=O)COC(=O)/C=C/c2cccc(Br)c2)cc1. The van der Waals surface area contributed by atoms with Crippen molar-refractivity contribution in [3.8, 4) is 5.75 Å². The fraction of sp³-hybridized carbons (Fsp3) is 0.111. The monoisotopic (exact) mass is 374 g/mol. The van der Waals surface area contributed by atoms with Crippen molar-refractivity contribution in [2.75, 3.05) is 13.7 Å². The van der Waals surface area contributed by atoms with Crippen LogP contribution in [0.2, 0.25) is 0 Å². The molecule has 23 heavy (non-hydrogen) atoms. The lowest BCUT2D eigenvalue weighted by Crippen LogP contribution is -2.12. The Morgan fingerprint density at radius 3 is 2.52 bits per heavy atom. The number of carbonyl (C=O) groups is 2. The minimum atomic E-state index is -0.563. The lowest BCUT2D eigenvalue weighted by molar-refractivity contribution is -0.136. The minimum absolute atomic E-state index is 0.267. The Labute approximate surface area is 142 Å². The molecule has 118 valence electrons. The standard InChI is InChI=1S/C18H15BrO4/c1-22-16-8-6-14(7-9-16)17(20)12-23-18(21)10-5-13-3-2-4-15(19)11-13/h2-11H,12H2,1H3/b10-5+. The summed E-state index contributed by atoms with van der Waals surface area (Å²) in [7, 11) is 1.55. The lowest BCUT2D eigenvalue weighted by Gasteiger charge is -2.03. The number of methoxy groups -OCH3 is 1. The Bertz CT molecular complexity index is 720. The highest BCUT2D eigenvalue weighted by Crippen LogP contribution is 2.13. The van der Waals surface area contributed by atoms with E-state index in [0.29, 0.717) is 11.3 Å². The zero-order valence-electron chi connectivity index (χ0n) is 12.5. The van der Waals surface area contributed by atoms with Gasteiger partial charge in [-0.2, -0.15) is 0 Å². The van der Waals surface area contributed by atoms with E-state index in [9.17, 15) is 9.59 Å². The fourth-order valence-corrected chi connectivity index (χ4v) is 2.24. The number of carbonyl (C=O) groups excluding carboxylic acids is 2. The second-order valence-electron chi connectivity index (χ2n) is 4.65. The van der Waals surface area contributed by atoms with Crippen LogP contribution >= 0.6 is 15.9 Å². The van der Waals surface area contributed by atoms with Gasteiger partial charge in [0.25, 0.3) is 0 Å². The van der Waals surface area contributed by atoms with Crippen LogP contribution in [0.4, 0.5) is 0 Å². The molecule has 0 aromatic heterocycles. The summed E-state index contributed by atoms with van der Waals surface area (Å²) < 4.78 is 10.9. The normalized spacial score (nSPS) is 10.5. The van der Waals surface area contributed by atoms with E-state index in [-0.39, 0.29) is 12.4 Å². The van der Waals surface area contributed by atoms with Crippen molar-refractivity contribution < 1.29 is 19.1 Å². The van der Waals surface area contributed by atoms with Gasteiger partial charge in [0.2, 0.25) is 0 Å². The number of ether oxygens (including phenoxy) is 2. The van der Waals surface area contributed by atoms with E-state index in [1.54, 1.807) is 37.5 Å². The van der Waals surface area contributed by atoms with Gasteiger partial charge >= 0.3 is 5.97 Å². The van der Waals surface area contributed by atoms with Gasteiger partial charge in [-0.3, -0.25) is 4.79 Å². The van der Waals surface area contributed by atoms with Gasteiger partial charge in [-0.05, 0) is 48.0 Å². The predicted molar refractivity (Wildman–Crippen MR) is 91.5 cm³/mol. The summed E-state index contributed by atoms with van der Waals surface area (Å²) in [6, 6.07) is 14.1. The number of halogens is 1. The predicted octanol–water partition coefficient (Wildman–Crippen LogP) is 3.90. The van der Waals surface area contributed by atoms with Crippen LogP contribution in [0.3, 0.4) is 0 Å². The third-order valence-electron chi connectivity index (χ3n) is 3.02. The van der Waals surface area contributed by atoms with Crippen molar-refractivity contribution in [1.82, 2.24) is 0 Å². The highest BCUT2D eigenvalue weighted by Gasteiger charge is 2.08. The van der Waals surface area contributed by atoms with Crippen LogP contribution in [0.15, 0.2) is 59.1 Å². The molecule has 0 radical (unpaired) electrons. The molecule has 0 unspecified atom stereocenters. The summed E-state index contributed by atoms with van der Waals surface area (Å²) in [6.45, 7) is -0.298. The molecule has 5 heteroatoms. The molecular weight excluding hydrogens is 360 g/mol. The number of Topliss-reactive ketones (excluding diaryl/α,β-unsaturated/α-hetero) is 1. The van der Waals surface area contributed by atoms with Crippen LogP contribution in [-0.2, 0) is 9.53 Å². The van der Waals surface area contributed by atoms with Gasteiger partial charge in [-0.1, -0.05) is 28.1 Å². The van der Waals surface area contributed by atoms with E-state index in [2.05, 4.69) is 15.9 Å². The molecule has 0 saturated carbocycles. The third-order valence-corrected chi connectivity index (χ3v) is 3.51. The molecule has 4 nitrogen and oxygen atoms in total. The van der Waals surface area contributed by atoms with Gasteiger partial charge in [0.05, 0.1) is 7.11 Å². The van der Waals surface area contributed by atoms with Crippen LogP contribution < -0.4 is 4.74 Å². The van der Waals surface area contributed by atoms with Crippen LogP contribution in [0, 0.1) is 0 Å². The smallest absolute Gasteiger partial charge is 0.331 e. The maximum atomic E-state index is 11.9. The number of hydrogen-bond donors (Lipinski definition) is 0. The summed E-state index contributed by atoms with van der Waals surface area (Å²) >= 11 is 3.35. The topological polar surface area (TPSA) is 52.6 Å². The summed E-state index contributed by atoms with van der Waals surface area (Å²) in [5.41, 5.74) is 1.33. The quantitative estimate of drug-likeness (QED) is 0.437. The van der Waals surface area contributed by atoms with Crippen LogP contribution in [0.1, 0.15) is 15.9 Å². The molecule has 2 rings (SSSR count). The van der Waals surface area contributed by atoms with E-state index in [1.165, 1.54) is 6.08 Å². The molecule has 0 amide bonds. The second kappa shape index (κ2) is 8.29. The van der Waals surface area contributed by atoms with E-state index < -0.39 is 5.97 Å². The number of ketones is 1. The summed E-state index contributed by atoms with van der Waals surface area (Å²) in [5.74, 6) is -0.167. The largest absolute Gasteiger partial charge is 0.497 e. The Morgan fingerprint density at radius 1 is 1.13 bits per heavy atom. The van der Waals surface area contributed by atoms with Crippen LogP contribution in [0.25, 0.3) is 6.08 Å². The zero-order valence-corrected chi connectivity index (χ0v) is 14.1. The lowest BCUT2D eigenvalue weighted by atomic mass is 10.1. The summed E-state index contributed by atoms with van der Waals surface area (Å²) in [6.07, 6.45) is 2.92. The molecule has 0 fully saturated rings. The van der Waals surface area contributed by atoms with Crippen LogP contribution in [0.5, 0.6) is 5.75 Å². The van der Waals surface area contributed by atoms with Gasteiger partial charge in [-0.25, -0.2) is 4.79 Å². The first-order valence-electron chi connectivity index (χ1n) is 6.86. The molecule has 2 aromatic carbocycles. The molecule has 0 spiro atoms. The van der Waals surface area contributed by atoms with E-state index in [4.69, 9.17) is 9.47 Å². The van der Waals surface area contributed by atoms with Gasteiger partial charge < -0.3 is 9.47 Å². The summed E-state index contributed by atoms with van der Waals surface area (Å²) in [4.78, 5) is 23.6. The highest BCUT2D eigenvalue weighted by molar-refractivity contribution is 9.10. The number of benzene rings is 2.